The molecule has 0 aromatic heterocycles. The van der Waals surface area contributed by atoms with Crippen LogP contribution in [0.1, 0.15) is 50.7 Å². The lowest BCUT2D eigenvalue weighted by Gasteiger charge is -2.28. The minimum Gasteiger partial charge on any atom is -0.352 e. The van der Waals surface area contributed by atoms with Crippen molar-refractivity contribution in [3.05, 3.63) is 35.4 Å². The molecule has 1 aliphatic heterocycles. The standard InChI is InChI=1S/C19H31N3O.2ClH/c1-3-19(4-2,15-20)18(23)21-13-16-8-7-9-17(12-16)14-22-10-5-6-11-22;;/h7-9,12H,3-6,10-11,13-15,20H2,1-2H3,(H,21,23);2*1H. The van der Waals surface area contributed by atoms with Crippen LogP contribution in [0.25, 0.3) is 0 Å². The highest BCUT2D eigenvalue weighted by Gasteiger charge is 2.32. The summed E-state index contributed by atoms with van der Waals surface area (Å²) in [4.78, 5) is 15.0. The second-order valence-electron chi connectivity index (χ2n) is 6.68. The van der Waals surface area contributed by atoms with Crippen LogP contribution in [0.4, 0.5) is 0 Å². The fourth-order valence-corrected chi connectivity index (χ4v) is 3.36. The van der Waals surface area contributed by atoms with Gasteiger partial charge in [0, 0.05) is 19.6 Å². The number of nitrogens with zero attached hydrogens (tertiary/aromatic N) is 1. The smallest absolute Gasteiger partial charge is 0.227 e. The average Bonchev–Trinajstić information content (AvgIpc) is 3.08. The number of carbonyl (C=O) groups is 1. The SMILES string of the molecule is CCC(CC)(CN)C(=O)NCc1cccc(CN2CCCC2)c1.Cl.Cl. The number of nitrogens with one attached hydrogen (secondary N) is 1. The van der Waals surface area contributed by atoms with Crippen molar-refractivity contribution in [2.45, 2.75) is 52.6 Å². The van der Waals surface area contributed by atoms with Gasteiger partial charge in [-0.3, -0.25) is 9.69 Å². The first-order valence-electron chi connectivity index (χ1n) is 8.92. The zero-order valence-electron chi connectivity index (χ0n) is 15.4. The molecular formula is C19H33Cl2N3O. The largest absolute Gasteiger partial charge is 0.352 e. The van der Waals surface area contributed by atoms with Crippen LogP contribution in [0.15, 0.2) is 24.3 Å². The van der Waals surface area contributed by atoms with Gasteiger partial charge in [0.1, 0.15) is 0 Å². The molecule has 1 heterocycles. The van der Waals surface area contributed by atoms with Gasteiger partial charge in [0.25, 0.3) is 0 Å². The molecule has 2 rings (SSSR count). The first-order valence-corrected chi connectivity index (χ1v) is 8.92. The lowest BCUT2D eigenvalue weighted by Crippen LogP contribution is -2.45. The number of hydrogen-bond donors (Lipinski definition) is 2. The van der Waals surface area contributed by atoms with E-state index in [1.165, 1.54) is 31.5 Å². The van der Waals surface area contributed by atoms with E-state index in [-0.39, 0.29) is 30.7 Å². The molecule has 6 heteroatoms. The molecule has 25 heavy (non-hydrogen) atoms. The van der Waals surface area contributed by atoms with Crippen molar-refractivity contribution in [1.82, 2.24) is 10.2 Å². The number of nitrogens with two attached hydrogens (primary N) is 1. The summed E-state index contributed by atoms with van der Waals surface area (Å²) in [7, 11) is 0. The molecule has 0 bridgehead atoms. The van der Waals surface area contributed by atoms with Crippen LogP contribution in [-0.4, -0.2) is 30.4 Å². The average molecular weight is 390 g/mol. The maximum Gasteiger partial charge on any atom is 0.227 e. The predicted octanol–water partition coefficient (Wildman–Crippen LogP) is 3.51. The van der Waals surface area contributed by atoms with Crippen molar-refractivity contribution in [2.75, 3.05) is 19.6 Å². The fraction of sp³-hybridized carbons (Fsp3) is 0.632. The van der Waals surface area contributed by atoms with Gasteiger partial charge >= 0.3 is 0 Å². The van der Waals surface area contributed by atoms with E-state index in [1.807, 2.05) is 13.8 Å². The van der Waals surface area contributed by atoms with Crippen LogP contribution in [0, 0.1) is 5.41 Å². The van der Waals surface area contributed by atoms with Gasteiger partial charge in [-0.25, -0.2) is 0 Å². The van der Waals surface area contributed by atoms with Gasteiger partial charge in [-0.1, -0.05) is 38.1 Å². The Morgan fingerprint density at radius 3 is 2.32 bits per heavy atom. The number of benzene rings is 1. The van der Waals surface area contributed by atoms with Crippen LogP contribution >= 0.6 is 24.8 Å². The number of hydrogen-bond acceptors (Lipinski definition) is 3. The summed E-state index contributed by atoms with van der Waals surface area (Å²) in [6.07, 6.45) is 4.18. The quantitative estimate of drug-likeness (QED) is 0.714. The summed E-state index contributed by atoms with van der Waals surface area (Å²) in [5.74, 6) is 0.0787. The third-order valence-corrected chi connectivity index (χ3v) is 5.28. The number of halogens is 2. The van der Waals surface area contributed by atoms with Crippen LogP contribution in [0.3, 0.4) is 0 Å². The van der Waals surface area contributed by atoms with Gasteiger partial charge in [0.2, 0.25) is 5.91 Å². The highest BCUT2D eigenvalue weighted by atomic mass is 35.5. The summed E-state index contributed by atoms with van der Waals surface area (Å²) in [6.45, 7) is 8.47. The molecule has 1 aliphatic rings. The van der Waals surface area contributed by atoms with E-state index < -0.39 is 5.41 Å². The molecule has 0 radical (unpaired) electrons. The van der Waals surface area contributed by atoms with E-state index in [2.05, 4.69) is 34.5 Å². The van der Waals surface area contributed by atoms with Crippen LogP contribution in [0.2, 0.25) is 0 Å². The zero-order chi connectivity index (χ0) is 16.7. The van der Waals surface area contributed by atoms with Gasteiger partial charge in [0.05, 0.1) is 5.41 Å². The molecule has 1 saturated heterocycles. The zero-order valence-corrected chi connectivity index (χ0v) is 17.1. The molecule has 0 saturated carbocycles. The number of likely N-dealkylation sites (tertiary alicyclic amines) is 1. The first-order chi connectivity index (χ1) is 11.1. The number of amides is 1. The lowest BCUT2D eigenvalue weighted by atomic mass is 9.81. The van der Waals surface area contributed by atoms with Gasteiger partial charge in [-0.15, -0.1) is 24.8 Å². The van der Waals surface area contributed by atoms with E-state index in [0.29, 0.717) is 13.1 Å². The molecule has 4 nitrogen and oxygen atoms in total. The van der Waals surface area contributed by atoms with E-state index in [9.17, 15) is 4.79 Å². The van der Waals surface area contributed by atoms with E-state index >= 15 is 0 Å². The number of rotatable bonds is 8. The molecule has 1 aromatic rings. The van der Waals surface area contributed by atoms with Crippen molar-refractivity contribution >= 4 is 30.7 Å². The molecular weight excluding hydrogens is 357 g/mol. The molecule has 1 aromatic carbocycles. The maximum absolute atomic E-state index is 12.5. The Labute approximate surface area is 164 Å². The van der Waals surface area contributed by atoms with Crippen molar-refractivity contribution in [1.29, 1.82) is 0 Å². The Morgan fingerprint density at radius 2 is 1.76 bits per heavy atom. The summed E-state index contributed by atoms with van der Waals surface area (Å²) in [6, 6.07) is 8.55. The minimum atomic E-state index is -0.423. The summed E-state index contributed by atoms with van der Waals surface area (Å²) < 4.78 is 0. The molecule has 1 amide bonds. The van der Waals surface area contributed by atoms with E-state index in [1.54, 1.807) is 0 Å². The molecule has 0 spiro atoms. The molecule has 1 fully saturated rings. The van der Waals surface area contributed by atoms with Crippen molar-refractivity contribution in [2.24, 2.45) is 11.1 Å². The van der Waals surface area contributed by atoms with Crippen LogP contribution < -0.4 is 11.1 Å². The molecule has 0 aliphatic carbocycles. The molecule has 144 valence electrons. The van der Waals surface area contributed by atoms with Crippen molar-refractivity contribution in [3.8, 4) is 0 Å². The topological polar surface area (TPSA) is 58.4 Å². The second-order valence-corrected chi connectivity index (χ2v) is 6.68. The highest BCUT2D eigenvalue weighted by Crippen LogP contribution is 2.25. The lowest BCUT2D eigenvalue weighted by molar-refractivity contribution is -0.131. The highest BCUT2D eigenvalue weighted by molar-refractivity contribution is 5.85. The predicted molar refractivity (Wildman–Crippen MR) is 109 cm³/mol. The van der Waals surface area contributed by atoms with Gasteiger partial charge in [-0.05, 0) is 49.9 Å². The molecule has 0 atom stereocenters. The van der Waals surface area contributed by atoms with Gasteiger partial charge in [0.15, 0.2) is 0 Å². The Balaban J connectivity index is 0.00000288. The number of carbonyl (C=O) groups excluding carboxylic acids is 1. The second kappa shape index (κ2) is 11.7. The Kier molecular flexibility index (Phi) is 11.4. The Bertz CT molecular complexity index is 507. The normalized spacial score (nSPS) is 14.5. The summed E-state index contributed by atoms with van der Waals surface area (Å²) >= 11 is 0. The van der Waals surface area contributed by atoms with Crippen molar-refractivity contribution in [3.63, 3.8) is 0 Å². The third kappa shape index (κ3) is 6.45. The molecule has 0 unspecified atom stereocenters. The van der Waals surface area contributed by atoms with Crippen LogP contribution in [0.5, 0.6) is 0 Å². The molecule has 3 N–H and O–H groups in total. The first kappa shape index (κ1) is 24.2. The maximum atomic E-state index is 12.5. The summed E-state index contributed by atoms with van der Waals surface area (Å²) in [5, 5.41) is 3.08. The summed E-state index contributed by atoms with van der Waals surface area (Å²) in [5.41, 5.74) is 7.91. The van der Waals surface area contributed by atoms with E-state index in [0.717, 1.165) is 24.9 Å². The van der Waals surface area contributed by atoms with E-state index in [4.69, 9.17) is 5.73 Å². The monoisotopic (exact) mass is 389 g/mol. The van der Waals surface area contributed by atoms with Gasteiger partial charge < -0.3 is 11.1 Å². The van der Waals surface area contributed by atoms with Crippen LogP contribution in [-0.2, 0) is 17.9 Å². The Hall–Kier alpha value is -0.810. The Morgan fingerprint density at radius 1 is 1.16 bits per heavy atom. The van der Waals surface area contributed by atoms with Crippen molar-refractivity contribution < 1.29 is 4.79 Å². The third-order valence-electron chi connectivity index (χ3n) is 5.28. The van der Waals surface area contributed by atoms with Gasteiger partial charge in [-0.2, -0.15) is 0 Å². The fourth-order valence-electron chi connectivity index (χ4n) is 3.36. The minimum absolute atomic E-state index is 0.